The van der Waals surface area contributed by atoms with E-state index in [0.29, 0.717) is 18.2 Å². The Labute approximate surface area is 189 Å². The summed E-state index contributed by atoms with van der Waals surface area (Å²) in [6, 6.07) is 8.65. The summed E-state index contributed by atoms with van der Waals surface area (Å²) in [5.74, 6) is 3.31. The number of aromatic amines is 1. The third-order valence-corrected chi connectivity index (χ3v) is 6.00. The van der Waals surface area contributed by atoms with Gasteiger partial charge in [0.05, 0.1) is 5.41 Å². The van der Waals surface area contributed by atoms with E-state index in [4.69, 9.17) is 10.1 Å². The summed E-state index contributed by atoms with van der Waals surface area (Å²) < 4.78 is 2.11. The maximum Gasteiger partial charge on any atom is 0.189 e. The Kier molecular flexibility index (Phi) is 6.87. The summed E-state index contributed by atoms with van der Waals surface area (Å²) in [6.45, 7) is 7.61. The average molecular weight is 433 g/mol. The van der Waals surface area contributed by atoms with Crippen LogP contribution in [0.5, 0.6) is 0 Å². The monoisotopic (exact) mass is 432 g/mol. The van der Waals surface area contributed by atoms with Crippen molar-refractivity contribution in [2.75, 3.05) is 0 Å². The van der Waals surface area contributed by atoms with Crippen LogP contribution in [-0.4, -0.2) is 41.6 Å². The molecule has 8 heteroatoms. The SMILES string of the molecule is CCCCn1nc(CCC(C)C)nc1Cc1ccc(C2(c3nn[nH]n3)C=CN=CC2)cc1. The van der Waals surface area contributed by atoms with Crippen LogP contribution in [0, 0.1) is 5.92 Å². The topological polar surface area (TPSA) is 97.5 Å². The Morgan fingerprint density at radius 1 is 1.19 bits per heavy atom. The summed E-state index contributed by atoms with van der Waals surface area (Å²) in [4.78, 5) is 9.12. The van der Waals surface area contributed by atoms with Crippen LogP contribution in [-0.2, 0) is 24.8 Å². The fourth-order valence-corrected chi connectivity index (χ4v) is 4.03. The van der Waals surface area contributed by atoms with Gasteiger partial charge in [-0.1, -0.05) is 56.7 Å². The number of H-pyrrole nitrogens is 1. The molecule has 4 rings (SSSR count). The zero-order valence-electron chi connectivity index (χ0n) is 19.2. The molecule has 1 N–H and O–H groups in total. The van der Waals surface area contributed by atoms with Gasteiger partial charge in [0.15, 0.2) is 11.6 Å². The second-order valence-electron chi connectivity index (χ2n) is 8.89. The molecule has 3 aromatic rings. The quantitative estimate of drug-likeness (QED) is 0.521. The lowest BCUT2D eigenvalue weighted by Crippen LogP contribution is -2.29. The number of hydrogen-bond acceptors (Lipinski definition) is 6. The number of allylic oxidation sites excluding steroid dienone is 1. The molecule has 0 amide bonds. The van der Waals surface area contributed by atoms with Crippen LogP contribution < -0.4 is 0 Å². The molecular formula is C24H32N8. The first-order valence-corrected chi connectivity index (χ1v) is 11.6. The van der Waals surface area contributed by atoms with E-state index in [9.17, 15) is 0 Å². The van der Waals surface area contributed by atoms with Crippen molar-refractivity contribution in [1.29, 1.82) is 0 Å². The molecule has 0 fully saturated rings. The number of tetrazole rings is 1. The molecule has 0 bridgehead atoms. The highest BCUT2D eigenvalue weighted by atomic mass is 15.5. The molecule has 0 saturated carbocycles. The zero-order chi connectivity index (χ0) is 22.4. The number of nitrogens with one attached hydrogen (secondary N) is 1. The number of aliphatic imine (C=N–C) groups is 1. The van der Waals surface area contributed by atoms with E-state index in [1.165, 1.54) is 5.56 Å². The molecule has 0 radical (unpaired) electrons. The van der Waals surface area contributed by atoms with Gasteiger partial charge in [-0.05, 0) is 36.0 Å². The van der Waals surface area contributed by atoms with Crippen LogP contribution in [0.25, 0.3) is 0 Å². The van der Waals surface area contributed by atoms with Crippen molar-refractivity contribution in [3.8, 4) is 0 Å². The number of hydrogen-bond donors (Lipinski definition) is 1. The Bertz CT molecular complexity index is 1050. The van der Waals surface area contributed by atoms with Gasteiger partial charge in [0.2, 0.25) is 0 Å². The number of unbranched alkanes of at least 4 members (excludes halogenated alkanes) is 1. The fourth-order valence-electron chi connectivity index (χ4n) is 4.03. The van der Waals surface area contributed by atoms with Crippen molar-refractivity contribution in [3.63, 3.8) is 0 Å². The van der Waals surface area contributed by atoms with Crippen molar-refractivity contribution in [3.05, 3.63) is 65.1 Å². The van der Waals surface area contributed by atoms with Gasteiger partial charge in [0.25, 0.3) is 0 Å². The summed E-state index contributed by atoms with van der Waals surface area (Å²) in [5.41, 5.74) is 1.89. The number of aromatic nitrogens is 7. The third kappa shape index (κ3) is 4.84. The largest absolute Gasteiger partial charge is 0.269 e. The standard InChI is InChI=1S/C24H32N8/c1-4-5-16-32-22(26-21(29-32)11-6-18(2)3)17-19-7-9-20(10-8-19)24(12-14-25-15-13-24)23-27-30-31-28-23/h7-10,12,14-15,18H,4-6,11,13,16-17H2,1-3H3,(H,27,28,30,31). The molecule has 1 aromatic carbocycles. The lowest BCUT2D eigenvalue weighted by atomic mass is 9.76. The number of nitrogens with zero attached hydrogens (tertiary/aromatic N) is 7. The maximum atomic E-state index is 4.89. The van der Waals surface area contributed by atoms with E-state index in [-0.39, 0.29) is 0 Å². The Hall–Kier alpha value is -3.16. The molecule has 1 aliphatic rings. The number of rotatable bonds is 10. The Morgan fingerprint density at radius 2 is 2.03 bits per heavy atom. The van der Waals surface area contributed by atoms with Gasteiger partial charge in [-0.15, -0.1) is 10.2 Å². The Morgan fingerprint density at radius 3 is 2.69 bits per heavy atom. The molecule has 8 nitrogen and oxygen atoms in total. The highest BCUT2D eigenvalue weighted by Gasteiger charge is 2.36. The highest BCUT2D eigenvalue weighted by molar-refractivity contribution is 5.66. The van der Waals surface area contributed by atoms with Gasteiger partial charge in [0.1, 0.15) is 5.82 Å². The van der Waals surface area contributed by atoms with Gasteiger partial charge >= 0.3 is 0 Å². The highest BCUT2D eigenvalue weighted by Crippen LogP contribution is 2.36. The Balaban J connectivity index is 1.56. The van der Waals surface area contributed by atoms with E-state index in [1.54, 1.807) is 0 Å². The normalized spacial score (nSPS) is 18.0. The molecular weight excluding hydrogens is 400 g/mol. The van der Waals surface area contributed by atoms with E-state index in [0.717, 1.165) is 55.9 Å². The number of aryl methyl sites for hydroxylation is 2. The first-order chi connectivity index (χ1) is 15.6. The lowest BCUT2D eigenvalue weighted by Gasteiger charge is -2.28. The van der Waals surface area contributed by atoms with Crippen LogP contribution in [0.2, 0.25) is 0 Å². The minimum Gasteiger partial charge on any atom is -0.269 e. The second kappa shape index (κ2) is 9.97. The molecule has 0 spiro atoms. The second-order valence-corrected chi connectivity index (χ2v) is 8.89. The van der Waals surface area contributed by atoms with Crippen LogP contribution in [0.1, 0.15) is 75.1 Å². The fraction of sp³-hybridized carbons (Fsp3) is 0.500. The third-order valence-electron chi connectivity index (χ3n) is 6.00. The minimum atomic E-state index is -0.446. The molecule has 0 aliphatic carbocycles. The molecule has 1 atom stereocenters. The van der Waals surface area contributed by atoms with Crippen LogP contribution >= 0.6 is 0 Å². The van der Waals surface area contributed by atoms with Crippen molar-refractivity contribution in [2.24, 2.45) is 10.9 Å². The van der Waals surface area contributed by atoms with Gasteiger partial charge in [-0.25, -0.2) is 9.67 Å². The molecule has 168 valence electrons. The predicted molar refractivity (Wildman–Crippen MR) is 125 cm³/mol. The van der Waals surface area contributed by atoms with E-state index < -0.39 is 5.41 Å². The molecule has 3 heterocycles. The smallest absolute Gasteiger partial charge is 0.189 e. The summed E-state index contributed by atoms with van der Waals surface area (Å²) in [7, 11) is 0. The first-order valence-electron chi connectivity index (χ1n) is 11.6. The maximum absolute atomic E-state index is 4.89. The lowest BCUT2D eigenvalue weighted by molar-refractivity contribution is 0.536. The minimum absolute atomic E-state index is 0.446. The zero-order valence-corrected chi connectivity index (χ0v) is 19.2. The van der Waals surface area contributed by atoms with Gasteiger partial charge in [-0.3, -0.25) is 4.99 Å². The molecule has 1 aliphatic heterocycles. The van der Waals surface area contributed by atoms with Gasteiger partial charge in [-0.2, -0.15) is 10.3 Å². The van der Waals surface area contributed by atoms with Crippen molar-refractivity contribution < 1.29 is 0 Å². The van der Waals surface area contributed by atoms with Gasteiger partial charge < -0.3 is 0 Å². The van der Waals surface area contributed by atoms with Crippen molar-refractivity contribution >= 4 is 6.21 Å². The molecule has 2 aromatic heterocycles. The first kappa shape index (κ1) is 22.0. The summed E-state index contributed by atoms with van der Waals surface area (Å²) >= 11 is 0. The van der Waals surface area contributed by atoms with Crippen molar-refractivity contribution in [2.45, 2.75) is 71.3 Å². The van der Waals surface area contributed by atoms with Gasteiger partial charge in [0, 0.05) is 38.2 Å². The van der Waals surface area contributed by atoms with Crippen LogP contribution in [0.4, 0.5) is 0 Å². The van der Waals surface area contributed by atoms with E-state index >= 15 is 0 Å². The van der Waals surface area contributed by atoms with E-state index in [1.807, 2.05) is 12.4 Å². The van der Waals surface area contributed by atoms with E-state index in [2.05, 4.69) is 81.4 Å². The summed E-state index contributed by atoms with van der Waals surface area (Å²) in [5, 5.41) is 19.7. The average Bonchev–Trinajstić information content (AvgIpc) is 3.48. The van der Waals surface area contributed by atoms with Crippen molar-refractivity contribution in [1.82, 2.24) is 35.4 Å². The number of benzene rings is 1. The molecule has 32 heavy (non-hydrogen) atoms. The van der Waals surface area contributed by atoms with Crippen LogP contribution in [0.15, 0.2) is 41.5 Å². The predicted octanol–water partition coefficient (Wildman–Crippen LogP) is 4.05. The molecule has 1 unspecified atom stereocenters. The molecule has 0 saturated heterocycles. The van der Waals surface area contributed by atoms with Crippen LogP contribution in [0.3, 0.4) is 0 Å². The summed E-state index contributed by atoms with van der Waals surface area (Å²) in [6.07, 6.45) is 11.5.